The second-order valence-electron chi connectivity index (χ2n) is 5.15. The van der Waals surface area contributed by atoms with Crippen molar-refractivity contribution in [3.63, 3.8) is 0 Å². The highest BCUT2D eigenvalue weighted by Crippen LogP contribution is 2.24. The third kappa shape index (κ3) is 2.96. The van der Waals surface area contributed by atoms with E-state index in [1.165, 1.54) is 19.3 Å². The lowest BCUT2D eigenvalue weighted by Gasteiger charge is -2.33. The maximum atomic E-state index is 9.17. The predicted octanol–water partition coefficient (Wildman–Crippen LogP) is 0.638. The molecule has 6 nitrogen and oxygen atoms in total. The summed E-state index contributed by atoms with van der Waals surface area (Å²) in [7, 11) is 0. The monoisotopic (exact) mass is 264 g/mol. The maximum Gasteiger partial charge on any atom is 0.134 e. The average molecular weight is 264 g/mol. The minimum absolute atomic E-state index is 0.0504. The zero-order chi connectivity index (χ0) is 13.1. The molecule has 104 valence electrons. The second kappa shape index (κ2) is 5.71. The molecule has 0 bridgehead atoms. The molecule has 1 saturated carbocycles. The van der Waals surface area contributed by atoms with Crippen molar-refractivity contribution in [2.75, 3.05) is 36.5 Å². The van der Waals surface area contributed by atoms with Crippen LogP contribution in [0.4, 0.5) is 11.6 Å². The molecule has 1 unspecified atom stereocenters. The largest absolute Gasteiger partial charge is 0.394 e. The quantitative estimate of drug-likeness (QED) is 0.831. The number of hydrogen-bond donors (Lipinski definition) is 2. The van der Waals surface area contributed by atoms with Crippen molar-refractivity contribution in [2.24, 2.45) is 0 Å². The van der Waals surface area contributed by atoms with Crippen molar-refractivity contribution in [3.05, 3.63) is 12.4 Å². The number of aliphatic hydroxyl groups is 1. The highest BCUT2D eigenvalue weighted by Gasteiger charge is 2.22. The Bertz CT molecular complexity index is 425. The van der Waals surface area contributed by atoms with Gasteiger partial charge in [0.2, 0.25) is 0 Å². The standard InChI is InChI=1S/C13H20N4O2/c18-8-11-7-17(4-5-19-11)13-6-12(14-9-15-13)16-10-2-1-3-10/h6,9-11,18H,1-5,7-8H2,(H,14,15,16). The van der Waals surface area contributed by atoms with Crippen LogP contribution in [0.25, 0.3) is 0 Å². The molecule has 0 radical (unpaired) electrons. The Morgan fingerprint density at radius 2 is 2.32 bits per heavy atom. The maximum absolute atomic E-state index is 9.17. The predicted molar refractivity (Wildman–Crippen MR) is 72.3 cm³/mol. The number of anilines is 2. The van der Waals surface area contributed by atoms with Crippen LogP contribution < -0.4 is 10.2 Å². The molecule has 1 saturated heterocycles. The first kappa shape index (κ1) is 12.6. The molecule has 0 aromatic carbocycles. The Hall–Kier alpha value is -1.40. The fraction of sp³-hybridized carbons (Fsp3) is 0.692. The summed E-state index contributed by atoms with van der Waals surface area (Å²) < 4.78 is 5.45. The van der Waals surface area contributed by atoms with Crippen molar-refractivity contribution >= 4 is 11.6 Å². The number of nitrogens with zero attached hydrogens (tertiary/aromatic N) is 3. The third-order valence-electron chi connectivity index (χ3n) is 3.78. The van der Waals surface area contributed by atoms with E-state index in [2.05, 4.69) is 20.2 Å². The molecule has 1 atom stereocenters. The lowest BCUT2D eigenvalue weighted by molar-refractivity contribution is 0.00336. The number of nitrogens with one attached hydrogen (secondary N) is 1. The summed E-state index contributed by atoms with van der Waals surface area (Å²) in [4.78, 5) is 10.7. The van der Waals surface area contributed by atoms with Crippen LogP contribution in [0.15, 0.2) is 12.4 Å². The van der Waals surface area contributed by atoms with Crippen molar-refractivity contribution in [1.29, 1.82) is 0 Å². The van der Waals surface area contributed by atoms with E-state index < -0.39 is 0 Å². The summed E-state index contributed by atoms with van der Waals surface area (Å²) in [6.45, 7) is 2.15. The summed E-state index contributed by atoms with van der Waals surface area (Å²) in [5.74, 6) is 1.79. The van der Waals surface area contributed by atoms with Gasteiger partial charge in [-0.1, -0.05) is 0 Å². The molecule has 3 rings (SSSR count). The molecule has 1 aromatic rings. The zero-order valence-corrected chi connectivity index (χ0v) is 11.0. The van der Waals surface area contributed by atoms with Gasteiger partial charge in [0.1, 0.15) is 18.0 Å². The van der Waals surface area contributed by atoms with E-state index in [4.69, 9.17) is 4.74 Å². The van der Waals surface area contributed by atoms with Crippen molar-refractivity contribution in [3.8, 4) is 0 Å². The van der Waals surface area contributed by atoms with E-state index in [0.29, 0.717) is 19.2 Å². The van der Waals surface area contributed by atoms with E-state index in [9.17, 15) is 5.11 Å². The first-order valence-electron chi connectivity index (χ1n) is 6.91. The van der Waals surface area contributed by atoms with Gasteiger partial charge < -0.3 is 20.1 Å². The molecule has 2 heterocycles. The van der Waals surface area contributed by atoms with E-state index >= 15 is 0 Å². The van der Waals surface area contributed by atoms with Crippen molar-refractivity contribution < 1.29 is 9.84 Å². The lowest BCUT2D eigenvalue weighted by atomic mass is 9.93. The number of morpholine rings is 1. The fourth-order valence-electron chi connectivity index (χ4n) is 2.40. The van der Waals surface area contributed by atoms with Crippen LogP contribution in [-0.4, -0.2) is 53.5 Å². The molecule has 1 aliphatic heterocycles. The number of aromatic nitrogens is 2. The minimum atomic E-state index is -0.119. The van der Waals surface area contributed by atoms with Gasteiger partial charge in [-0.05, 0) is 19.3 Å². The van der Waals surface area contributed by atoms with Crippen LogP contribution >= 0.6 is 0 Å². The first-order chi connectivity index (χ1) is 9.35. The van der Waals surface area contributed by atoms with Gasteiger partial charge >= 0.3 is 0 Å². The minimum Gasteiger partial charge on any atom is -0.394 e. The van der Waals surface area contributed by atoms with Crippen LogP contribution in [-0.2, 0) is 4.74 Å². The lowest BCUT2D eigenvalue weighted by Crippen LogP contribution is -2.44. The summed E-state index contributed by atoms with van der Waals surface area (Å²) in [5, 5.41) is 12.6. The van der Waals surface area contributed by atoms with Crippen molar-refractivity contribution in [2.45, 2.75) is 31.4 Å². The molecule has 2 fully saturated rings. The van der Waals surface area contributed by atoms with Crippen LogP contribution in [0.1, 0.15) is 19.3 Å². The van der Waals surface area contributed by atoms with Gasteiger partial charge in [0.25, 0.3) is 0 Å². The number of hydrogen-bond acceptors (Lipinski definition) is 6. The van der Waals surface area contributed by atoms with Gasteiger partial charge in [0, 0.05) is 25.2 Å². The molecule has 2 N–H and O–H groups in total. The third-order valence-corrected chi connectivity index (χ3v) is 3.78. The summed E-state index contributed by atoms with van der Waals surface area (Å²) >= 11 is 0. The van der Waals surface area contributed by atoms with Gasteiger partial charge in [-0.15, -0.1) is 0 Å². The van der Waals surface area contributed by atoms with E-state index in [1.807, 2.05) is 6.07 Å². The van der Waals surface area contributed by atoms with Gasteiger partial charge in [-0.25, -0.2) is 9.97 Å². The summed E-state index contributed by atoms with van der Waals surface area (Å²) in [6, 6.07) is 2.55. The molecule has 2 aliphatic rings. The SMILES string of the molecule is OCC1CN(c2cc(NC3CCC3)ncn2)CCO1. The van der Waals surface area contributed by atoms with E-state index in [0.717, 1.165) is 18.2 Å². The Morgan fingerprint density at radius 1 is 1.42 bits per heavy atom. The molecule has 19 heavy (non-hydrogen) atoms. The molecule has 0 spiro atoms. The molecule has 6 heteroatoms. The average Bonchev–Trinajstić information content (AvgIpc) is 2.43. The Kier molecular flexibility index (Phi) is 3.79. The zero-order valence-electron chi connectivity index (χ0n) is 11.0. The molecular formula is C13H20N4O2. The van der Waals surface area contributed by atoms with Crippen LogP contribution in [0, 0.1) is 0 Å². The molecule has 1 aliphatic carbocycles. The molecular weight excluding hydrogens is 244 g/mol. The van der Waals surface area contributed by atoms with Crippen LogP contribution in [0.2, 0.25) is 0 Å². The summed E-state index contributed by atoms with van der Waals surface area (Å²) in [6.07, 6.45) is 5.23. The van der Waals surface area contributed by atoms with Gasteiger partial charge in [-0.3, -0.25) is 0 Å². The highest BCUT2D eigenvalue weighted by molar-refractivity contribution is 5.49. The number of rotatable bonds is 4. The topological polar surface area (TPSA) is 70.5 Å². The first-order valence-corrected chi connectivity index (χ1v) is 6.91. The van der Waals surface area contributed by atoms with Gasteiger partial charge in [0.15, 0.2) is 0 Å². The second-order valence-corrected chi connectivity index (χ2v) is 5.15. The Morgan fingerprint density at radius 3 is 3.05 bits per heavy atom. The van der Waals surface area contributed by atoms with E-state index in [-0.39, 0.29) is 12.7 Å². The summed E-state index contributed by atoms with van der Waals surface area (Å²) in [5.41, 5.74) is 0. The van der Waals surface area contributed by atoms with Crippen molar-refractivity contribution in [1.82, 2.24) is 9.97 Å². The Balaban J connectivity index is 1.67. The Labute approximate surface area is 112 Å². The molecule has 0 amide bonds. The number of aliphatic hydroxyl groups excluding tert-OH is 1. The number of ether oxygens (including phenoxy) is 1. The fourth-order valence-corrected chi connectivity index (χ4v) is 2.40. The van der Waals surface area contributed by atoms with Crippen LogP contribution in [0.3, 0.4) is 0 Å². The van der Waals surface area contributed by atoms with E-state index in [1.54, 1.807) is 6.33 Å². The molecule has 1 aromatic heterocycles. The van der Waals surface area contributed by atoms with Crippen LogP contribution in [0.5, 0.6) is 0 Å². The normalized spacial score (nSPS) is 24.1. The van der Waals surface area contributed by atoms with Gasteiger partial charge in [0.05, 0.1) is 19.3 Å². The smallest absolute Gasteiger partial charge is 0.134 e. The van der Waals surface area contributed by atoms with Gasteiger partial charge in [-0.2, -0.15) is 0 Å². The highest BCUT2D eigenvalue weighted by atomic mass is 16.5.